The van der Waals surface area contributed by atoms with Crippen LogP contribution in [0.25, 0.3) is 0 Å². The smallest absolute Gasteiger partial charge is 0.0140 e. The molecule has 0 saturated carbocycles. The van der Waals surface area contributed by atoms with Gasteiger partial charge in [0, 0.05) is 0 Å². The standard InChI is InChI=1S/C11H14/c1-4-10-8-6-7-9(3)11(10)5-2/h6H,4-5H2,1-3H3. The number of hydrogen-bond acceptors (Lipinski definition) is 0. The van der Waals surface area contributed by atoms with Crippen molar-refractivity contribution >= 4 is 0 Å². The maximum absolute atomic E-state index is 3.22. The summed E-state index contributed by atoms with van der Waals surface area (Å²) in [6.45, 7) is 6.47. The molecule has 0 aromatic heterocycles. The van der Waals surface area contributed by atoms with Crippen LogP contribution in [0.5, 0.6) is 0 Å². The van der Waals surface area contributed by atoms with Crippen LogP contribution in [0.4, 0.5) is 0 Å². The lowest BCUT2D eigenvalue weighted by Crippen LogP contribution is -1.94. The third-order valence-electron chi connectivity index (χ3n) is 2.06. The second-order valence-electron chi connectivity index (χ2n) is 2.72. The van der Waals surface area contributed by atoms with Crippen molar-refractivity contribution in [2.75, 3.05) is 0 Å². The van der Waals surface area contributed by atoms with E-state index in [1.165, 1.54) is 16.7 Å². The first-order chi connectivity index (χ1) is 5.29. The maximum atomic E-state index is 3.22. The molecule has 0 unspecified atom stereocenters. The Labute approximate surface area is 69.3 Å². The molecule has 0 bridgehead atoms. The molecule has 0 saturated heterocycles. The molecule has 0 aliphatic rings. The molecule has 0 nitrogen and oxygen atoms in total. The first-order valence-electron chi connectivity index (χ1n) is 4.20. The van der Waals surface area contributed by atoms with Crippen molar-refractivity contribution < 1.29 is 0 Å². The molecule has 11 heavy (non-hydrogen) atoms. The normalized spacial score (nSPS) is 10.1. The highest BCUT2D eigenvalue weighted by Crippen LogP contribution is 2.13. The van der Waals surface area contributed by atoms with Crippen LogP contribution in [-0.4, -0.2) is 0 Å². The molecule has 58 valence electrons. The zero-order valence-corrected chi connectivity index (χ0v) is 7.49. The predicted octanol–water partition coefficient (Wildman–Crippen LogP) is 2.72. The molecule has 1 aromatic carbocycles. The summed E-state index contributed by atoms with van der Waals surface area (Å²) in [7, 11) is 0. The van der Waals surface area contributed by atoms with Crippen LogP contribution in [0.2, 0.25) is 0 Å². The van der Waals surface area contributed by atoms with Gasteiger partial charge in [0.1, 0.15) is 0 Å². The van der Waals surface area contributed by atoms with E-state index in [-0.39, 0.29) is 0 Å². The van der Waals surface area contributed by atoms with Crippen LogP contribution in [0, 0.1) is 19.1 Å². The molecule has 0 aliphatic carbocycles. The van der Waals surface area contributed by atoms with Gasteiger partial charge in [-0.3, -0.25) is 0 Å². The number of rotatable bonds is 2. The summed E-state index contributed by atoms with van der Waals surface area (Å²) in [6, 6.07) is 8.29. The van der Waals surface area contributed by atoms with E-state index in [1.807, 2.05) is 6.07 Å². The molecule has 0 aliphatic heterocycles. The van der Waals surface area contributed by atoms with E-state index in [1.54, 1.807) is 0 Å². The molecule has 0 amide bonds. The molecule has 1 rings (SSSR count). The highest BCUT2D eigenvalue weighted by molar-refractivity contribution is 5.32. The Kier molecular flexibility index (Phi) is 2.70. The maximum Gasteiger partial charge on any atom is -0.0140 e. The molecule has 0 atom stereocenters. The van der Waals surface area contributed by atoms with Crippen molar-refractivity contribution in [1.82, 2.24) is 0 Å². The van der Waals surface area contributed by atoms with Gasteiger partial charge in [-0.25, -0.2) is 0 Å². The van der Waals surface area contributed by atoms with Crippen molar-refractivity contribution in [2.45, 2.75) is 33.6 Å². The fourth-order valence-electron chi connectivity index (χ4n) is 1.43. The number of hydrogen-bond donors (Lipinski definition) is 0. The average molecular weight is 146 g/mol. The summed E-state index contributed by atoms with van der Waals surface area (Å²) in [4.78, 5) is 0. The van der Waals surface area contributed by atoms with Gasteiger partial charge in [-0.2, -0.15) is 0 Å². The highest BCUT2D eigenvalue weighted by Gasteiger charge is 2.00. The Balaban J connectivity index is 3.13. The van der Waals surface area contributed by atoms with E-state index < -0.39 is 0 Å². The third-order valence-corrected chi connectivity index (χ3v) is 2.06. The van der Waals surface area contributed by atoms with Gasteiger partial charge in [0.25, 0.3) is 0 Å². The monoisotopic (exact) mass is 146 g/mol. The SMILES string of the molecule is CCc1[c]c[c]c(C)c1CC. The van der Waals surface area contributed by atoms with Gasteiger partial charge in [-0.15, -0.1) is 0 Å². The molecule has 1 aromatic rings. The van der Waals surface area contributed by atoms with Crippen LogP contribution in [0.15, 0.2) is 6.07 Å². The number of aryl methyl sites for hydroxylation is 2. The minimum absolute atomic E-state index is 1.08. The van der Waals surface area contributed by atoms with Crippen LogP contribution >= 0.6 is 0 Å². The molecular weight excluding hydrogens is 132 g/mol. The van der Waals surface area contributed by atoms with Gasteiger partial charge in [0.15, 0.2) is 0 Å². The molecule has 2 radical (unpaired) electrons. The van der Waals surface area contributed by atoms with Gasteiger partial charge in [0.2, 0.25) is 0 Å². The van der Waals surface area contributed by atoms with Crippen LogP contribution in [-0.2, 0) is 12.8 Å². The molecule has 0 fully saturated rings. The van der Waals surface area contributed by atoms with Crippen LogP contribution in [0.3, 0.4) is 0 Å². The van der Waals surface area contributed by atoms with Crippen molar-refractivity contribution in [3.63, 3.8) is 0 Å². The molecule has 0 heterocycles. The van der Waals surface area contributed by atoms with Crippen molar-refractivity contribution in [3.05, 3.63) is 34.9 Å². The zero-order chi connectivity index (χ0) is 8.27. The molecule has 0 spiro atoms. The lowest BCUT2D eigenvalue weighted by atomic mass is 9.98. The summed E-state index contributed by atoms with van der Waals surface area (Å²) < 4.78 is 0. The van der Waals surface area contributed by atoms with Gasteiger partial charge in [-0.1, -0.05) is 13.8 Å². The topological polar surface area (TPSA) is 0 Å². The van der Waals surface area contributed by atoms with Crippen molar-refractivity contribution in [2.24, 2.45) is 0 Å². The van der Waals surface area contributed by atoms with Gasteiger partial charge >= 0.3 is 0 Å². The lowest BCUT2D eigenvalue weighted by Gasteiger charge is -2.06. The van der Waals surface area contributed by atoms with Gasteiger partial charge in [0.05, 0.1) is 0 Å². The molecule has 0 N–H and O–H groups in total. The Morgan fingerprint density at radius 1 is 1.18 bits per heavy atom. The van der Waals surface area contributed by atoms with Gasteiger partial charge in [-0.05, 0) is 54.7 Å². The van der Waals surface area contributed by atoms with E-state index in [4.69, 9.17) is 0 Å². The number of benzene rings is 1. The van der Waals surface area contributed by atoms with Crippen molar-refractivity contribution in [3.8, 4) is 0 Å². The minimum Gasteiger partial charge on any atom is -0.0613 e. The summed E-state index contributed by atoms with van der Waals surface area (Å²) in [6.07, 6.45) is 2.18. The first-order valence-corrected chi connectivity index (χ1v) is 4.20. The minimum atomic E-state index is 1.08. The largest absolute Gasteiger partial charge is 0.0613 e. The van der Waals surface area contributed by atoms with E-state index in [2.05, 4.69) is 32.9 Å². The summed E-state index contributed by atoms with van der Waals surface area (Å²) in [5.41, 5.74) is 4.06. The summed E-state index contributed by atoms with van der Waals surface area (Å²) in [5.74, 6) is 0. The third kappa shape index (κ3) is 1.62. The Bertz CT molecular complexity index is 236. The van der Waals surface area contributed by atoms with E-state index in [0.29, 0.717) is 0 Å². The zero-order valence-electron chi connectivity index (χ0n) is 7.49. The Morgan fingerprint density at radius 2 is 1.91 bits per heavy atom. The first kappa shape index (κ1) is 8.32. The van der Waals surface area contributed by atoms with Gasteiger partial charge < -0.3 is 0 Å². The van der Waals surface area contributed by atoms with E-state index in [9.17, 15) is 0 Å². The fraction of sp³-hybridized carbons (Fsp3) is 0.455. The quantitative estimate of drug-likeness (QED) is 0.601. The summed E-state index contributed by atoms with van der Waals surface area (Å²) >= 11 is 0. The van der Waals surface area contributed by atoms with Crippen LogP contribution < -0.4 is 0 Å². The van der Waals surface area contributed by atoms with E-state index >= 15 is 0 Å². The second-order valence-corrected chi connectivity index (χ2v) is 2.72. The summed E-state index contributed by atoms with van der Waals surface area (Å²) in [5, 5.41) is 0. The Hall–Kier alpha value is -0.780. The Morgan fingerprint density at radius 3 is 2.36 bits per heavy atom. The average Bonchev–Trinajstić information content (AvgIpc) is 2.04. The van der Waals surface area contributed by atoms with Crippen LogP contribution in [0.1, 0.15) is 30.5 Å². The lowest BCUT2D eigenvalue weighted by molar-refractivity contribution is 1.01. The fourth-order valence-corrected chi connectivity index (χ4v) is 1.43. The second kappa shape index (κ2) is 3.56. The van der Waals surface area contributed by atoms with E-state index in [0.717, 1.165) is 12.8 Å². The molecular formula is C11H14. The molecule has 0 heteroatoms. The highest BCUT2D eigenvalue weighted by atomic mass is 14.0. The van der Waals surface area contributed by atoms with Crippen molar-refractivity contribution in [1.29, 1.82) is 0 Å². The predicted molar refractivity (Wildman–Crippen MR) is 47.6 cm³/mol.